The standard InChI is InChI=1S/C18H20ClF3N6O/c19-14-11-13(18(20,21)22)12-24-16(14)27-3-5-28(6-4-27)17-23-2-1-15(25-17)26-7-9-29-10-8-26/h1-2,11-12H,3-10H2. The lowest BCUT2D eigenvalue weighted by molar-refractivity contribution is -0.137. The predicted octanol–water partition coefficient (Wildman–Crippen LogP) is 2.71. The van der Waals surface area contributed by atoms with Gasteiger partial charge in [0.15, 0.2) is 0 Å². The van der Waals surface area contributed by atoms with Gasteiger partial charge in [0.25, 0.3) is 0 Å². The topological polar surface area (TPSA) is 57.6 Å². The Hall–Kier alpha value is -2.33. The Morgan fingerprint density at radius 1 is 0.931 bits per heavy atom. The molecule has 4 rings (SSSR count). The molecule has 4 heterocycles. The van der Waals surface area contributed by atoms with Crippen molar-refractivity contribution in [2.45, 2.75) is 6.18 Å². The van der Waals surface area contributed by atoms with Crippen LogP contribution in [0.3, 0.4) is 0 Å². The quantitative estimate of drug-likeness (QED) is 0.745. The van der Waals surface area contributed by atoms with Crippen molar-refractivity contribution in [3.63, 3.8) is 0 Å². The van der Waals surface area contributed by atoms with Gasteiger partial charge in [-0.2, -0.15) is 18.2 Å². The normalized spacial score (nSPS) is 18.3. The molecule has 0 N–H and O–H groups in total. The zero-order valence-electron chi connectivity index (χ0n) is 15.6. The fraction of sp³-hybridized carbons (Fsp3) is 0.500. The molecule has 0 spiro atoms. The molecule has 11 heteroatoms. The summed E-state index contributed by atoms with van der Waals surface area (Å²) in [6.07, 6.45) is -1.90. The Labute approximate surface area is 171 Å². The van der Waals surface area contributed by atoms with Crippen molar-refractivity contribution in [2.75, 3.05) is 67.2 Å². The number of nitrogens with zero attached hydrogens (tertiary/aromatic N) is 6. The lowest BCUT2D eigenvalue weighted by Gasteiger charge is -2.36. The molecular formula is C18H20ClF3N6O. The van der Waals surface area contributed by atoms with E-state index in [0.717, 1.165) is 31.2 Å². The van der Waals surface area contributed by atoms with Gasteiger partial charge >= 0.3 is 6.18 Å². The van der Waals surface area contributed by atoms with Crippen LogP contribution in [0.2, 0.25) is 5.02 Å². The van der Waals surface area contributed by atoms with Gasteiger partial charge in [-0.15, -0.1) is 0 Å². The summed E-state index contributed by atoms with van der Waals surface area (Å²) in [6, 6.07) is 2.81. The van der Waals surface area contributed by atoms with Gasteiger partial charge in [-0.3, -0.25) is 0 Å². The second kappa shape index (κ2) is 8.19. The third-order valence-corrected chi connectivity index (χ3v) is 5.25. The first-order valence-electron chi connectivity index (χ1n) is 9.30. The van der Waals surface area contributed by atoms with Gasteiger partial charge in [0.2, 0.25) is 5.95 Å². The van der Waals surface area contributed by atoms with E-state index in [0.29, 0.717) is 51.2 Å². The van der Waals surface area contributed by atoms with E-state index in [4.69, 9.17) is 16.3 Å². The molecule has 2 aromatic heterocycles. The van der Waals surface area contributed by atoms with E-state index in [1.54, 1.807) is 6.20 Å². The number of piperazine rings is 1. The fourth-order valence-electron chi connectivity index (χ4n) is 3.40. The Kier molecular flexibility index (Phi) is 5.64. The highest BCUT2D eigenvalue weighted by Gasteiger charge is 2.32. The lowest BCUT2D eigenvalue weighted by Crippen LogP contribution is -2.47. The number of anilines is 3. The van der Waals surface area contributed by atoms with Crippen molar-refractivity contribution >= 4 is 29.2 Å². The Bertz CT molecular complexity index is 854. The van der Waals surface area contributed by atoms with Gasteiger partial charge in [-0.1, -0.05) is 11.6 Å². The number of rotatable bonds is 3. The molecule has 0 unspecified atom stereocenters. The zero-order chi connectivity index (χ0) is 20.4. The SMILES string of the molecule is FC(F)(F)c1cnc(N2CCN(c3nccc(N4CCOCC4)n3)CC2)c(Cl)c1. The Morgan fingerprint density at radius 3 is 2.28 bits per heavy atom. The van der Waals surface area contributed by atoms with Crippen LogP contribution in [0.5, 0.6) is 0 Å². The van der Waals surface area contributed by atoms with Crippen molar-refractivity contribution in [2.24, 2.45) is 0 Å². The number of alkyl halides is 3. The number of hydrogen-bond acceptors (Lipinski definition) is 7. The largest absolute Gasteiger partial charge is 0.417 e. The van der Waals surface area contributed by atoms with E-state index in [1.165, 1.54) is 0 Å². The highest BCUT2D eigenvalue weighted by Crippen LogP contribution is 2.33. The maximum Gasteiger partial charge on any atom is 0.417 e. The average molecular weight is 429 g/mol. The molecule has 7 nitrogen and oxygen atoms in total. The van der Waals surface area contributed by atoms with Crippen LogP contribution in [0.4, 0.5) is 30.8 Å². The fourth-order valence-corrected chi connectivity index (χ4v) is 3.68. The van der Waals surface area contributed by atoms with Crippen LogP contribution in [-0.4, -0.2) is 67.4 Å². The van der Waals surface area contributed by atoms with E-state index in [1.807, 2.05) is 11.0 Å². The molecule has 2 fully saturated rings. The third-order valence-electron chi connectivity index (χ3n) is 4.97. The number of halogens is 4. The van der Waals surface area contributed by atoms with Gasteiger partial charge in [-0.05, 0) is 12.1 Å². The monoisotopic (exact) mass is 428 g/mol. The average Bonchev–Trinajstić information content (AvgIpc) is 2.74. The van der Waals surface area contributed by atoms with Crippen LogP contribution >= 0.6 is 11.6 Å². The smallest absolute Gasteiger partial charge is 0.378 e. The second-order valence-electron chi connectivity index (χ2n) is 6.82. The summed E-state index contributed by atoms with van der Waals surface area (Å²) in [5, 5.41) is -0.00107. The summed E-state index contributed by atoms with van der Waals surface area (Å²) in [5.74, 6) is 1.87. The van der Waals surface area contributed by atoms with Crippen LogP contribution in [0.1, 0.15) is 5.56 Å². The molecule has 0 bridgehead atoms. The zero-order valence-corrected chi connectivity index (χ0v) is 16.3. The number of pyridine rings is 1. The Balaban J connectivity index is 1.42. The van der Waals surface area contributed by atoms with Gasteiger partial charge in [0.1, 0.15) is 11.6 Å². The summed E-state index contributed by atoms with van der Waals surface area (Å²) in [5.41, 5.74) is -0.849. The minimum Gasteiger partial charge on any atom is -0.378 e. The second-order valence-corrected chi connectivity index (χ2v) is 7.22. The van der Waals surface area contributed by atoms with E-state index in [-0.39, 0.29) is 5.02 Å². The van der Waals surface area contributed by atoms with Gasteiger partial charge < -0.3 is 19.4 Å². The van der Waals surface area contributed by atoms with E-state index in [2.05, 4.69) is 24.8 Å². The maximum atomic E-state index is 12.8. The first kappa shape index (κ1) is 20.0. The van der Waals surface area contributed by atoms with Crippen LogP contribution < -0.4 is 14.7 Å². The molecule has 0 aromatic carbocycles. The third kappa shape index (κ3) is 4.48. The molecular weight excluding hydrogens is 409 g/mol. The molecule has 2 aromatic rings. The van der Waals surface area contributed by atoms with E-state index >= 15 is 0 Å². The first-order valence-corrected chi connectivity index (χ1v) is 9.68. The van der Waals surface area contributed by atoms with Gasteiger partial charge in [0, 0.05) is 51.7 Å². The first-order chi connectivity index (χ1) is 13.9. The van der Waals surface area contributed by atoms with Crippen molar-refractivity contribution in [3.8, 4) is 0 Å². The molecule has 0 atom stereocenters. The predicted molar refractivity (Wildman–Crippen MR) is 104 cm³/mol. The van der Waals surface area contributed by atoms with Crippen molar-refractivity contribution in [3.05, 3.63) is 35.1 Å². The molecule has 0 radical (unpaired) electrons. The molecule has 29 heavy (non-hydrogen) atoms. The van der Waals surface area contributed by atoms with Crippen molar-refractivity contribution in [1.29, 1.82) is 0 Å². The highest BCUT2D eigenvalue weighted by molar-refractivity contribution is 6.33. The summed E-state index contributed by atoms with van der Waals surface area (Å²) in [4.78, 5) is 19.1. The van der Waals surface area contributed by atoms with Crippen molar-refractivity contribution in [1.82, 2.24) is 15.0 Å². The molecule has 0 aliphatic carbocycles. The molecule has 2 saturated heterocycles. The highest BCUT2D eigenvalue weighted by atomic mass is 35.5. The molecule has 156 valence electrons. The summed E-state index contributed by atoms with van der Waals surface area (Å²) >= 11 is 6.07. The van der Waals surface area contributed by atoms with Crippen LogP contribution in [-0.2, 0) is 10.9 Å². The number of hydrogen-bond donors (Lipinski definition) is 0. The van der Waals surface area contributed by atoms with E-state index < -0.39 is 11.7 Å². The number of ether oxygens (including phenoxy) is 1. The number of morpholine rings is 1. The van der Waals surface area contributed by atoms with Gasteiger partial charge in [-0.25, -0.2) is 9.97 Å². The minimum absolute atomic E-state index is 0.00107. The van der Waals surface area contributed by atoms with Crippen LogP contribution in [0, 0.1) is 0 Å². The molecule has 2 aliphatic heterocycles. The summed E-state index contributed by atoms with van der Waals surface area (Å²) in [7, 11) is 0. The lowest BCUT2D eigenvalue weighted by atomic mass is 10.2. The minimum atomic E-state index is -4.46. The molecule has 0 amide bonds. The summed E-state index contributed by atoms with van der Waals surface area (Å²) in [6.45, 7) is 5.30. The summed E-state index contributed by atoms with van der Waals surface area (Å²) < 4.78 is 43.8. The van der Waals surface area contributed by atoms with Gasteiger partial charge in [0.05, 0.1) is 23.8 Å². The Morgan fingerprint density at radius 2 is 1.62 bits per heavy atom. The molecule has 2 aliphatic rings. The van der Waals surface area contributed by atoms with Crippen LogP contribution in [0.15, 0.2) is 24.5 Å². The maximum absolute atomic E-state index is 12.8. The van der Waals surface area contributed by atoms with Crippen LogP contribution in [0.25, 0.3) is 0 Å². The van der Waals surface area contributed by atoms with Crippen molar-refractivity contribution < 1.29 is 17.9 Å². The number of aromatic nitrogens is 3. The van der Waals surface area contributed by atoms with E-state index in [9.17, 15) is 13.2 Å². The molecule has 0 saturated carbocycles.